The molecule has 1 aliphatic carbocycles. The van der Waals surface area contributed by atoms with Gasteiger partial charge >= 0.3 is 5.97 Å². The fraction of sp³-hybridized carbons (Fsp3) is 0.536. The molecule has 1 heterocycles. The number of aryl methyl sites for hydroxylation is 1. The van der Waals surface area contributed by atoms with E-state index in [0.717, 1.165) is 44.6 Å². The van der Waals surface area contributed by atoms with Crippen LogP contribution < -0.4 is 16.0 Å². The Morgan fingerprint density at radius 1 is 1.08 bits per heavy atom. The molecule has 1 saturated carbocycles. The molecule has 11 heteroatoms. The first kappa shape index (κ1) is 29.8. The molecular weight excluding hydrogens is 505 g/mol. The molecule has 0 bridgehead atoms. The van der Waals surface area contributed by atoms with Gasteiger partial charge in [0, 0.05) is 25.1 Å². The zero-order valence-electron chi connectivity index (χ0n) is 22.7. The molecular formula is C28H38FN5O5. The lowest BCUT2D eigenvalue weighted by Gasteiger charge is -2.27. The number of nitrogens with zero attached hydrogens (tertiary/aromatic N) is 2. The van der Waals surface area contributed by atoms with E-state index in [1.165, 1.54) is 18.3 Å². The van der Waals surface area contributed by atoms with E-state index in [4.69, 9.17) is 0 Å². The summed E-state index contributed by atoms with van der Waals surface area (Å²) in [7, 11) is 0. The Balaban J connectivity index is 1.80. The summed E-state index contributed by atoms with van der Waals surface area (Å²) in [6.45, 7) is 5.55. The van der Waals surface area contributed by atoms with Gasteiger partial charge in [0.1, 0.15) is 23.6 Å². The molecule has 1 fully saturated rings. The summed E-state index contributed by atoms with van der Waals surface area (Å²) in [5.74, 6) is -4.16. The SMILES string of the molecule is CCC(=O)N[C@@H](C(=O)O)[C@@H](C)c1ccc(NC(=O)[C@@H](NC(=O)c2ccnn2CC)C2CCCCCC2)c(F)c1. The summed E-state index contributed by atoms with van der Waals surface area (Å²) >= 11 is 0. The lowest BCUT2D eigenvalue weighted by molar-refractivity contribution is -0.142. The van der Waals surface area contributed by atoms with Crippen molar-refractivity contribution in [3.8, 4) is 0 Å². The number of hydrogen-bond donors (Lipinski definition) is 4. The van der Waals surface area contributed by atoms with E-state index in [9.17, 15) is 24.3 Å². The molecule has 3 rings (SSSR count). The molecule has 2 aromatic rings. The van der Waals surface area contributed by atoms with Crippen LogP contribution in [0.4, 0.5) is 10.1 Å². The van der Waals surface area contributed by atoms with Crippen LogP contribution in [0.2, 0.25) is 0 Å². The Morgan fingerprint density at radius 3 is 2.36 bits per heavy atom. The number of nitrogens with one attached hydrogen (secondary N) is 3. The average molecular weight is 544 g/mol. The van der Waals surface area contributed by atoms with E-state index in [1.807, 2.05) is 6.92 Å². The zero-order chi connectivity index (χ0) is 28.5. The van der Waals surface area contributed by atoms with Crippen molar-refractivity contribution < 1.29 is 28.7 Å². The summed E-state index contributed by atoms with van der Waals surface area (Å²) in [5, 5.41) is 21.6. The fourth-order valence-electron chi connectivity index (χ4n) is 5.03. The summed E-state index contributed by atoms with van der Waals surface area (Å²) < 4.78 is 16.7. The minimum atomic E-state index is -1.23. The van der Waals surface area contributed by atoms with Crippen LogP contribution in [0.1, 0.15) is 87.7 Å². The summed E-state index contributed by atoms with van der Waals surface area (Å²) in [6.07, 6.45) is 7.19. The van der Waals surface area contributed by atoms with Crippen molar-refractivity contribution in [2.45, 2.75) is 90.3 Å². The van der Waals surface area contributed by atoms with Crippen molar-refractivity contribution in [1.29, 1.82) is 0 Å². The zero-order valence-corrected chi connectivity index (χ0v) is 22.7. The smallest absolute Gasteiger partial charge is 0.326 e. The number of benzene rings is 1. The van der Waals surface area contributed by atoms with Gasteiger partial charge in [0.05, 0.1) is 5.69 Å². The van der Waals surface area contributed by atoms with Crippen molar-refractivity contribution in [2.75, 3.05) is 5.32 Å². The average Bonchev–Trinajstić information content (AvgIpc) is 3.25. The van der Waals surface area contributed by atoms with E-state index < -0.39 is 47.5 Å². The highest BCUT2D eigenvalue weighted by Crippen LogP contribution is 2.28. The molecule has 0 saturated heterocycles. The first-order chi connectivity index (χ1) is 18.7. The quantitative estimate of drug-likeness (QED) is 0.317. The lowest BCUT2D eigenvalue weighted by atomic mass is 9.90. The second-order valence-corrected chi connectivity index (χ2v) is 9.99. The molecule has 3 amide bonds. The van der Waals surface area contributed by atoms with Gasteiger partial charge in [0.15, 0.2) is 0 Å². The van der Waals surface area contributed by atoms with Crippen molar-refractivity contribution in [3.05, 3.63) is 47.5 Å². The van der Waals surface area contributed by atoms with Crippen LogP contribution in [0.5, 0.6) is 0 Å². The number of aliphatic carboxylic acids is 1. The number of rotatable bonds is 11. The van der Waals surface area contributed by atoms with Crippen LogP contribution in [-0.2, 0) is 20.9 Å². The first-order valence-corrected chi connectivity index (χ1v) is 13.6. The van der Waals surface area contributed by atoms with Gasteiger partial charge in [-0.1, -0.05) is 45.6 Å². The highest BCUT2D eigenvalue weighted by Gasteiger charge is 2.32. The molecule has 1 aromatic carbocycles. The number of carbonyl (C=O) groups excluding carboxylic acids is 3. The van der Waals surface area contributed by atoms with E-state index in [1.54, 1.807) is 24.6 Å². The van der Waals surface area contributed by atoms with E-state index in [-0.39, 0.29) is 18.0 Å². The van der Waals surface area contributed by atoms with Gasteiger partial charge < -0.3 is 21.1 Å². The van der Waals surface area contributed by atoms with Gasteiger partial charge in [0.2, 0.25) is 11.8 Å². The number of hydrogen-bond acceptors (Lipinski definition) is 5. The minimum absolute atomic E-state index is 0.0770. The van der Waals surface area contributed by atoms with Crippen LogP contribution in [-0.4, -0.2) is 50.7 Å². The Morgan fingerprint density at radius 2 is 1.77 bits per heavy atom. The van der Waals surface area contributed by atoms with E-state index >= 15 is 4.39 Å². The van der Waals surface area contributed by atoms with Gasteiger partial charge in [-0.25, -0.2) is 9.18 Å². The molecule has 0 spiro atoms. The maximum Gasteiger partial charge on any atom is 0.326 e. The second kappa shape index (κ2) is 13.9. The number of carboxylic acid groups (broad SMARTS) is 1. The van der Waals surface area contributed by atoms with Gasteiger partial charge in [-0.15, -0.1) is 0 Å². The van der Waals surface area contributed by atoms with Crippen LogP contribution in [0.15, 0.2) is 30.5 Å². The molecule has 4 N–H and O–H groups in total. The Hall–Kier alpha value is -3.76. The topological polar surface area (TPSA) is 142 Å². The summed E-state index contributed by atoms with van der Waals surface area (Å²) in [4.78, 5) is 50.0. The number of aromatic nitrogens is 2. The summed E-state index contributed by atoms with van der Waals surface area (Å²) in [6, 6.07) is 3.55. The lowest BCUT2D eigenvalue weighted by Crippen LogP contribution is -2.49. The predicted octanol–water partition coefficient (Wildman–Crippen LogP) is 3.83. The van der Waals surface area contributed by atoms with E-state index in [0.29, 0.717) is 17.8 Å². The number of amides is 3. The van der Waals surface area contributed by atoms with Crippen molar-refractivity contribution in [1.82, 2.24) is 20.4 Å². The van der Waals surface area contributed by atoms with Crippen LogP contribution >= 0.6 is 0 Å². The van der Waals surface area contributed by atoms with Gasteiger partial charge in [0.25, 0.3) is 5.91 Å². The maximum absolute atomic E-state index is 15.2. The molecule has 3 atom stereocenters. The third-order valence-electron chi connectivity index (χ3n) is 7.37. The third-order valence-corrected chi connectivity index (χ3v) is 7.37. The van der Waals surface area contributed by atoms with Crippen molar-refractivity contribution in [2.24, 2.45) is 5.92 Å². The molecule has 1 aliphatic rings. The van der Waals surface area contributed by atoms with Crippen LogP contribution in [0.25, 0.3) is 0 Å². The van der Waals surface area contributed by atoms with Crippen molar-refractivity contribution >= 4 is 29.4 Å². The van der Waals surface area contributed by atoms with Gasteiger partial charge in [-0.3, -0.25) is 19.1 Å². The maximum atomic E-state index is 15.2. The highest BCUT2D eigenvalue weighted by atomic mass is 19.1. The normalized spacial score (nSPS) is 16.4. The molecule has 0 aliphatic heterocycles. The van der Waals surface area contributed by atoms with Gasteiger partial charge in [-0.2, -0.15) is 5.10 Å². The molecule has 0 unspecified atom stereocenters. The Kier molecular flexibility index (Phi) is 10.6. The first-order valence-electron chi connectivity index (χ1n) is 13.6. The number of carboxylic acids is 1. The standard InChI is InChI=1S/C28H38FN5O5/c1-4-23(35)32-24(28(38)39)17(3)19-12-13-21(20(29)16-19)31-27(37)25(18-10-8-6-7-9-11-18)33-26(36)22-14-15-30-34(22)5-2/h12-18,24-25H,4-11H2,1-3H3,(H,31,37)(H,32,35)(H,33,36)(H,38,39)/t17-,24+,25-/m0/s1. The molecule has 212 valence electrons. The Bertz CT molecular complexity index is 1170. The highest BCUT2D eigenvalue weighted by molar-refractivity contribution is 6.00. The largest absolute Gasteiger partial charge is 0.480 e. The second-order valence-electron chi connectivity index (χ2n) is 9.99. The third kappa shape index (κ3) is 7.64. The predicted molar refractivity (Wildman–Crippen MR) is 144 cm³/mol. The van der Waals surface area contributed by atoms with Gasteiger partial charge in [-0.05, 0) is 49.4 Å². The number of halogens is 1. The van der Waals surface area contributed by atoms with E-state index in [2.05, 4.69) is 21.0 Å². The van der Waals surface area contributed by atoms with Crippen molar-refractivity contribution in [3.63, 3.8) is 0 Å². The minimum Gasteiger partial charge on any atom is -0.480 e. The Labute approximate surface area is 227 Å². The number of carbonyl (C=O) groups is 4. The number of anilines is 1. The molecule has 10 nitrogen and oxygen atoms in total. The fourth-order valence-corrected chi connectivity index (χ4v) is 5.03. The molecule has 39 heavy (non-hydrogen) atoms. The monoisotopic (exact) mass is 543 g/mol. The molecule has 1 aromatic heterocycles. The van der Waals surface area contributed by atoms with Crippen LogP contribution in [0.3, 0.4) is 0 Å². The summed E-state index contributed by atoms with van der Waals surface area (Å²) in [5.41, 5.74) is 0.624. The molecule has 0 radical (unpaired) electrons. The van der Waals surface area contributed by atoms with Crippen LogP contribution in [0, 0.1) is 11.7 Å².